The molecule has 0 saturated carbocycles. The number of anilines is 2. The molecule has 0 aliphatic heterocycles. The predicted octanol–water partition coefficient (Wildman–Crippen LogP) is 3.25. The smallest absolute Gasteiger partial charge is 0.224 e. The van der Waals surface area contributed by atoms with Crippen molar-refractivity contribution in [3.8, 4) is 0 Å². The first-order valence-electron chi connectivity index (χ1n) is 8.17. The zero-order chi connectivity index (χ0) is 17.6. The Labute approximate surface area is 139 Å². The lowest BCUT2D eigenvalue weighted by molar-refractivity contribution is -0.131. The molecule has 1 unspecified atom stereocenters. The van der Waals surface area contributed by atoms with Crippen LogP contribution in [0.3, 0.4) is 0 Å². The molecular weight excluding hydrogens is 290 g/mol. The van der Waals surface area contributed by atoms with Gasteiger partial charge in [0.05, 0.1) is 0 Å². The molecule has 5 heteroatoms. The number of carbonyl (C=O) groups excluding carboxylic acids is 2. The lowest BCUT2D eigenvalue weighted by Crippen LogP contribution is -2.36. The Kier molecular flexibility index (Phi) is 7.07. The summed E-state index contributed by atoms with van der Waals surface area (Å²) in [5.41, 5.74) is 2.85. The molecule has 1 aromatic rings. The van der Waals surface area contributed by atoms with Gasteiger partial charge in [-0.15, -0.1) is 0 Å². The molecule has 23 heavy (non-hydrogen) atoms. The molecule has 0 aliphatic rings. The highest BCUT2D eigenvalue weighted by atomic mass is 16.2. The van der Waals surface area contributed by atoms with Gasteiger partial charge < -0.3 is 15.1 Å². The number of hydrogen-bond donors (Lipinski definition) is 1. The molecule has 1 rings (SSSR count). The quantitative estimate of drug-likeness (QED) is 0.839. The molecule has 1 atom stereocenters. The minimum atomic E-state index is -0.0149. The van der Waals surface area contributed by atoms with E-state index in [1.54, 1.807) is 6.92 Å². The second kappa shape index (κ2) is 8.56. The third-order valence-corrected chi connectivity index (χ3v) is 4.03. The third-order valence-electron chi connectivity index (χ3n) is 4.03. The normalized spacial score (nSPS) is 11.7. The van der Waals surface area contributed by atoms with Gasteiger partial charge in [0.2, 0.25) is 11.8 Å². The zero-order valence-corrected chi connectivity index (χ0v) is 15.1. The number of carbonyl (C=O) groups is 2. The molecule has 128 valence electrons. The van der Waals surface area contributed by atoms with Crippen molar-refractivity contribution >= 4 is 23.2 Å². The van der Waals surface area contributed by atoms with Gasteiger partial charge in [0.15, 0.2) is 0 Å². The van der Waals surface area contributed by atoms with Crippen LogP contribution in [-0.2, 0) is 16.1 Å². The Bertz CT molecular complexity index is 555. The third kappa shape index (κ3) is 5.27. The maximum absolute atomic E-state index is 12.0. The van der Waals surface area contributed by atoms with Crippen molar-refractivity contribution in [2.75, 3.05) is 24.3 Å². The summed E-state index contributed by atoms with van der Waals surface area (Å²) in [6.45, 7) is 8.09. The zero-order valence-electron chi connectivity index (χ0n) is 15.1. The molecule has 2 amide bonds. The van der Waals surface area contributed by atoms with E-state index < -0.39 is 0 Å². The summed E-state index contributed by atoms with van der Waals surface area (Å²) >= 11 is 0. The molecule has 0 heterocycles. The molecule has 0 aliphatic carbocycles. The predicted molar refractivity (Wildman–Crippen MR) is 95.7 cm³/mol. The molecular formula is C18H29N3O2. The van der Waals surface area contributed by atoms with Crippen LogP contribution in [0.1, 0.15) is 46.1 Å². The molecule has 5 nitrogen and oxygen atoms in total. The van der Waals surface area contributed by atoms with Gasteiger partial charge in [0, 0.05) is 51.4 Å². The SMILES string of the molecule is CCC(=O)Nc1ccc(N(C)C)c(CN(C(C)=O)C(C)CC)c1. The van der Waals surface area contributed by atoms with Crippen LogP contribution >= 0.6 is 0 Å². The fourth-order valence-electron chi connectivity index (χ4n) is 2.46. The van der Waals surface area contributed by atoms with Gasteiger partial charge in [-0.3, -0.25) is 9.59 Å². The number of benzene rings is 1. The Morgan fingerprint density at radius 1 is 1.22 bits per heavy atom. The summed E-state index contributed by atoms with van der Waals surface area (Å²) in [6.07, 6.45) is 1.35. The molecule has 1 aromatic carbocycles. The first-order valence-corrected chi connectivity index (χ1v) is 8.17. The van der Waals surface area contributed by atoms with E-state index in [2.05, 4.69) is 19.2 Å². The van der Waals surface area contributed by atoms with Gasteiger partial charge >= 0.3 is 0 Å². The molecule has 0 fully saturated rings. The summed E-state index contributed by atoms with van der Waals surface area (Å²) in [7, 11) is 3.95. The van der Waals surface area contributed by atoms with Gasteiger partial charge in [0.25, 0.3) is 0 Å². The molecule has 0 radical (unpaired) electrons. The summed E-state index contributed by atoms with van der Waals surface area (Å²) in [5, 5.41) is 2.88. The maximum Gasteiger partial charge on any atom is 0.224 e. The van der Waals surface area contributed by atoms with Gasteiger partial charge in [-0.05, 0) is 37.1 Å². The van der Waals surface area contributed by atoms with Crippen molar-refractivity contribution in [3.05, 3.63) is 23.8 Å². The Balaban J connectivity index is 3.15. The van der Waals surface area contributed by atoms with Crippen molar-refractivity contribution < 1.29 is 9.59 Å². The molecule has 0 aromatic heterocycles. The number of amides is 2. The van der Waals surface area contributed by atoms with Gasteiger partial charge in [-0.2, -0.15) is 0 Å². The van der Waals surface area contributed by atoms with Crippen molar-refractivity contribution in [3.63, 3.8) is 0 Å². The van der Waals surface area contributed by atoms with E-state index in [4.69, 9.17) is 0 Å². The van der Waals surface area contributed by atoms with Gasteiger partial charge in [-0.25, -0.2) is 0 Å². The van der Waals surface area contributed by atoms with E-state index in [-0.39, 0.29) is 17.9 Å². The Morgan fingerprint density at radius 3 is 2.35 bits per heavy atom. The van der Waals surface area contributed by atoms with Crippen LogP contribution in [0.5, 0.6) is 0 Å². The van der Waals surface area contributed by atoms with Gasteiger partial charge in [-0.1, -0.05) is 13.8 Å². The van der Waals surface area contributed by atoms with Gasteiger partial charge in [0.1, 0.15) is 0 Å². The van der Waals surface area contributed by atoms with Crippen molar-refractivity contribution in [1.82, 2.24) is 4.90 Å². The summed E-state index contributed by atoms with van der Waals surface area (Å²) in [5.74, 6) is 0.0472. The highest BCUT2D eigenvalue weighted by molar-refractivity contribution is 5.90. The van der Waals surface area contributed by atoms with Crippen molar-refractivity contribution in [2.24, 2.45) is 0 Å². The second-order valence-electron chi connectivity index (χ2n) is 6.04. The summed E-state index contributed by atoms with van der Waals surface area (Å²) in [4.78, 5) is 27.5. The molecule has 1 N–H and O–H groups in total. The van der Waals surface area contributed by atoms with Crippen LogP contribution in [0, 0.1) is 0 Å². The van der Waals surface area contributed by atoms with Crippen LogP contribution in [0.4, 0.5) is 11.4 Å². The second-order valence-corrected chi connectivity index (χ2v) is 6.04. The topological polar surface area (TPSA) is 52.7 Å². The first kappa shape index (κ1) is 19.0. The minimum absolute atomic E-state index is 0.0149. The molecule has 0 bridgehead atoms. The fourth-order valence-corrected chi connectivity index (χ4v) is 2.46. The van der Waals surface area contributed by atoms with Crippen LogP contribution in [0.25, 0.3) is 0 Å². The van der Waals surface area contributed by atoms with E-state index in [1.165, 1.54) is 0 Å². The Hall–Kier alpha value is -2.04. The summed E-state index contributed by atoms with van der Waals surface area (Å²) in [6, 6.07) is 6.02. The largest absolute Gasteiger partial charge is 0.377 e. The average molecular weight is 319 g/mol. The van der Waals surface area contributed by atoms with Crippen molar-refractivity contribution in [2.45, 2.75) is 53.1 Å². The summed E-state index contributed by atoms with van der Waals surface area (Å²) < 4.78 is 0. The van der Waals surface area contributed by atoms with E-state index in [0.717, 1.165) is 23.4 Å². The number of nitrogens with zero attached hydrogens (tertiary/aromatic N) is 2. The van der Waals surface area contributed by atoms with Crippen molar-refractivity contribution in [1.29, 1.82) is 0 Å². The lowest BCUT2D eigenvalue weighted by atomic mass is 10.1. The standard InChI is InChI=1S/C18H29N3O2/c1-7-13(3)21(14(4)22)12-15-11-16(19-18(23)8-2)9-10-17(15)20(5)6/h9-11,13H,7-8,12H2,1-6H3,(H,19,23). The number of rotatable bonds is 7. The van der Waals surface area contributed by atoms with E-state index in [1.807, 2.05) is 49.0 Å². The van der Waals surface area contributed by atoms with E-state index in [0.29, 0.717) is 13.0 Å². The minimum Gasteiger partial charge on any atom is -0.377 e. The Morgan fingerprint density at radius 2 is 1.87 bits per heavy atom. The average Bonchev–Trinajstić information content (AvgIpc) is 2.51. The van der Waals surface area contributed by atoms with Crippen LogP contribution in [0.2, 0.25) is 0 Å². The monoisotopic (exact) mass is 319 g/mol. The van der Waals surface area contributed by atoms with Crippen LogP contribution < -0.4 is 10.2 Å². The molecule has 0 saturated heterocycles. The maximum atomic E-state index is 12.0. The first-order chi connectivity index (χ1) is 10.8. The van der Waals surface area contributed by atoms with E-state index in [9.17, 15) is 9.59 Å². The highest BCUT2D eigenvalue weighted by Gasteiger charge is 2.18. The number of hydrogen-bond acceptors (Lipinski definition) is 3. The van der Waals surface area contributed by atoms with E-state index >= 15 is 0 Å². The fraction of sp³-hybridized carbons (Fsp3) is 0.556. The van der Waals surface area contributed by atoms with Crippen LogP contribution in [-0.4, -0.2) is 36.9 Å². The number of nitrogens with one attached hydrogen (secondary N) is 1. The van der Waals surface area contributed by atoms with Crippen LogP contribution in [0.15, 0.2) is 18.2 Å². The lowest BCUT2D eigenvalue weighted by Gasteiger charge is -2.29. The molecule has 0 spiro atoms. The highest BCUT2D eigenvalue weighted by Crippen LogP contribution is 2.25.